The van der Waals surface area contributed by atoms with E-state index in [9.17, 15) is 9.59 Å². The molecule has 0 saturated heterocycles. The molecule has 0 fully saturated rings. The minimum atomic E-state index is -1.06. The fraction of sp³-hybridized carbons (Fsp3) is 0.529. The fourth-order valence-electron chi connectivity index (χ4n) is 2.54. The first-order valence-electron chi connectivity index (χ1n) is 7.78. The van der Waals surface area contributed by atoms with Gasteiger partial charge in [-0.3, -0.25) is 9.59 Å². The van der Waals surface area contributed by atoms with Gasteiger partial charge in [-0.05, 0) is 43.4 Å². The van der Waals surface area contributed by atoms with Gasteiger partial charge in [-0.1, -0.05) is 13.8 Å². The average Bonchev–Trinajstić information content (AvgIpc) is 2.50. The van der Waals surface area contributed by atoms with E-state index in [2.05, 4.69) is 0 Å². The first-order valence-corrected chi connectivity index (χ1v) is 7.78. The maximum absolute atomic E-state index is 12.3. The molecule has 120 valence electrons. The van der Waals surface area contributed by atoms with Gasteiger partial charge in [0.05, 0.1) is 13.2 Å². The van der Waals surface area contributed by atoms with Crippen molar-refractivity contribution in [1.82, 2.24) is 0 Å². The van der Waals surface area contributed by atoms with E-state index in [1.807, 2.05) is 19.9 Å². The number of fused-ring (bicyclic) bond motifs is 1. The smallest absolute Gasteiger partial charge is 0.314 e. The van der Waals surface area contributed by atoms with Crippen molar-refractivity contribution >= 4 is 11.8 Å². The van der Waals surface area contributed by atoms with Crippen LogP contribution in [0, 0.1) is 5.92 Å². The summed E-state index contributed by atoms with van der Waals surface area (Å²) in [6.07, 6.45) is 2.62. The maximum atomic E-state index is 12.3. The molecular weight excluding hydrogens is 284 g/mol. The van der Waals surface area contributed by atoms with Crippen molar-refractivity contribution in [3.8, 4) is 11.5 Å². The normalized spacial score (nSPS) is 17.0. The lowest BCUT2D eigenvalue weighted by Gasteiger charge is -2.22. The first-order chi connectivity index (χ1) is 10.6. The van der Waals surface area contributed by atoms with Crippen LogP contribution < -0.4 is 9.47 Å². The molecule has 0 bridgehead atoms. The summed E-state index contributed by atoms with van der Waals surface area (Å²) >= 11 is 0. The van der Waals surface area contributed by atoms with E-state index in [1.165, 1.54) is 0 Å². The number of carbonyl (C=O) groups excluding carboxylic acids is 1. The van der Waals surface area contributed by atoms with E-state index in [0.717, 1.165) is 18.4 Å². The predicted molar refractivity (Wildman–Crippen MR) is 81.8 cm³/mol. The van der Waals surface area contributed by atoms with Crippen LogP contribution in [0.2, 0.25) is 0 Å². The predicted octanol–water partition coefficient (Wildman–Crippen LogP) is 3.09. The summed E-state index contributed by atoms with van der Waals surface area (Å²) in [5.41, 5.74) is 1.30. The van der Waals surface area contributed by atoms with Crippen molar-refractivity contribution in [2.75, 3.05) is 13.2 Å². The minimum absolute atomic E-state index is 0.336. The van der Waals surface area contributed by atoms with Crippen molar-refractivity contribution in [3.63, 3.8) is 0 Å². The molecule has 22 heavy (non-hydrogen) atoms. The van der Waals surface area contributed by atoms with E-state index in [4.69, 9.17) is 14.6 Å². The molecule has 2 rings (SSSR count). The van der Waals surface area contributed by atoms with E-state index in [1.54, 1.807) is 6.07 Å². The highest BCUT2D eigenvalue weighted by atomic mass is 16.5. The Kier molecular flexibility index (Phi) is 5.41. The number of hydrogen-bond acceptors (Lipinski definition) is 4. The summed E-state index contributed by atoms with van der Waals surface area (Å²) in [5.74, 6) is -1.19. The number of carboxylic acid groups (broad SMARTS) is 1. The third-order valence-electron chi connectivity index (χ3n) is 3.68. The molecule has 0 aromatic heterocycles. The summed E-state index contributed by atoms with van der Waals surface area (Å²) in [6.45, 7) is 5.12. The number of benzene rings is 1. The molecule has 0 saturated carbocycles. The standard InChI is InChI=1S/C17H22O5/c1-3-7-21-14-9-11-5-6-12(17(19)20)16(18)13(11)10-15(14)22-8-4-2/h9-10,12H,3-8H2,1-2H3,(H,19,20). The van der Waals surface area contributed by atoms with Gasteiger partial charge in [0.1, 0.15) is 5.92 Å². The number of Topliss-reactive ketones (excluding diaryl/α,β-unsaturated/α-hetero) is 1. The van der Waals surface area contributed by atoms with E-state index in [0.29, 0.717) is 43.1 Å². The molecule has 5 nitrogen and oxygen atoms in total. The van der Waals surface area contributed by atoms with Crippen molar-refractivity contribution < 1.29 is 24.2 Å². The Balaban J connectivity index is 2.36. The lowest BCUT2D eigenvalue weighted by atomic mass is 9.82. The van der Waals surface area contributed by atoms with Gasteiger partial charge in [-0.2, -0.15) is 0 Å². The number of ether oxygens (including phenoxy) is 2. The average molecular weight is 306 g/mol. The molecule has 0 amide bonds. The zero-order valence-electron chi connectivity index (χ0n) is 13.1. The summed E-state index contributed by atoms with van der Waals surface area (Å²) in [4.78, 5) is 23.5. The van der Waals surface area contributed by atoms with Crippen LogP contribution in [0.15, 0.2) is 12.1 Å². The maximum Gasteiger partial charge on any atom is 0.314 e. The zero-order chi connectivity index (χ0) is 16.1. The third-order valence-corrected chi connectivity index (χ3v) is 3.68. The molecule has 1 aromatic carbocycles. The highest BCUT2D eigenvalue weighted by Crippen LogP contribution is 2.36. The Morgan fingerprint density at radius 3 is 2.32 bits per heavy atom. The Hall–Kier alpha value is -2.04. The fourth-order valence-corrected chi connectivity index (χ4v) is 2.54. The second-order valence-electron chi connectivity index (χ2n) is 5.45. The SMILES string of the molecule is CCCOc1cc2c(cc1OCCC)C(=O)C(C(=O)O)CC2. The van der Waals surface area contributed by atoms with Crippen molar-refractivity contribution in [2.45, 2.75) is 39.5 Å². The number of rotatable bonds is 7. The van der Waals surface area contributed by atoms with Crippen molar-refractivity contribution in [2.24, 2.45) is 5.92 Å². The number of hydrogen-bond donors (Lipinski definition) is 1. The Labute approximate surface area is 130 Å². The Morgan fingerprint density at radius 1 is 1.18 bits per heavy atom. The summed E-state index contributed by atoms with van der Waals surface area (Å²) in [6, 6.07) is 3.47. The van der Waals surface area contributed by atoms with Crippen LogP contribution in [0.4, 0.5) is 0 Å². The van der Waals surface area contributed by atoms with Crippen LogP contribution in [0.3, 0.4) is 0 Å². The number of carboxylic acids is 1. The Morgan fingerprint density at radius 2 is 1.77 bits per heavy atom. The topological polar surface area (TPSA) is 72.8 Å². The molecule has 1 N–H and O–H groups in total. The van der Waals surface area contributed by atoms with Gasteiger partial charge < -0.3 is 14.6 Å². The summed E-state index contributed by atoms with van der Waals surface area (Å²) < 4.78 is 11.4. The van der Waals surface area contributed by atoms with Crippen LogP contribution in [0.25, 0.3) is 0 Å². The van der Waals surface area contributed by atoms with Gasteiger partial charge in [-0.15, -0.1) is 0 Å². The number of aryl methyl sites for hydroxylation is 1. The zero-order valence-corrected chi connectivity index (χ0v) is 13.1. The largest absolute Gasteiger partial charge is 0.490 e. The van der Waals surface area contributed by atoms with Gasteiger partial charge in [0.25, 0.3) is 0 Å². The lowest BCUT2D eigenvalue weighted by molar-refractivity contribution is -0.140. The summed E-state index contributed by atoms with van der Waals surface area (Å²) in [7, 11) is 0. The molecule has 1 unspecified atom stereocenters. The molecule has 1 aliphatic carbocycles. The highest BCUT2D eigenvalue weighted by molar-refractivity contribution is 6.10. The van der Waals surface area contributed by atoms with E-state index >= 15 is 0 Å². The highest BCUT2D eigenvalue weighted by Gasteiger charge is 2.33. The van der Waals surface area contributed by atoms with Gasteiger partial charge in [0.15, 0.2) is 17.3 Å². The third kappa shape index (κ3) is 3.40. The molecule has 1 aromatic rings. The lowest BCUT2D eigenvalue weighted by Crippen LogP contribution is -2.29. The first kappa shape index (κ1) is 16.3. The second kappa shape index (κ2) is 7.29. The van der Waals surface area contributed by atoms with Gasteiger partial charge in [-0.25, -0.2) is 0 Å². The van der Waals surface area contributed by atoms with Gasteiger partial charge >= 0.3 is 5.97 Å². The molecular formula is C17H22O5. The second-order valence-corrected chi connectivity index (χ2v) is 5.45. The van der Waals surface area contributed by atoms with Crippen molar-refractivity contribution in [3.05, 3.63) is 23.3 Å². The number of aliphatic carboxylic acids is 1. The molecule has 0 spiro atoms. The van der Waals surface area contributed by atoms with E-state index in [-0.39, 0.29) is 5.78 Å². The minimum Gasteiger partial charge on any atom is -0.490 e. The van der Waals surface area contributed by atoms with E-state index < -0.39 is 11.9 Å². The van der Waals surface area contributed by atoms with Crippen LogP contribution >= 0.6 is 0 Å². The summed E-state index contributed by atoms with van der Waals surface area (Å²) in [5, 5.41) is 9.14. The van der Waals surface area contributed by atoms with Crippen molar-refractivity contribution in [1.29, 1.82) is 0 Å². The van der Waals surface area contributed by atoms with Gasteiger partial charge in [0.2, 0.25) is 0 Å². The van der Waals surface area contributed by atoms with Crippen LogP contribution in [-0.4, -0.2) is 30.1 Å². The van der Waals surface area contributed by atoms with Crippen LogP contribution in [0.5, 0.6) is 11.5 Å². The number of carbonyl (C=O) groups is 2. The molecule has 0 heterocycles. The molecule has 0 aliphatic heterocycles. The Bertz CT molecular complexity index is 564. The monoisotopic (exact) mass is 306 g/mol. The van der Waals surface area contributed by atoms with Gasteiger partial charge in [0, 0.05) is 5.56 Å². The number of ketones is 1. The molecule has 1 atom stereocenters. The molecule has 0 radical (unpaired) electrons. The van der Waals surface area contributed by atoms with Crippen LogP contribution in [-0.2, 0) is 11.2 Å². The molecule has 5 heteroatoms. The molecule has 1 aliphatic rings. The quantitative estimate of drug-likeness (QED) is 0.784. The van der Waals surface area contributed by atoms with Crippen LogP contribution in [0.1, 0.15) is 49.0 Å².